The van der Waals surface area contributed by atoms with Gasteiger partial charge in [-0.3, -0.25) is 5.10 Å². The normalized spacial score (nSPS) is 10.8. The van der Waals surface area contributed by atoms with Crippen molar-refractivity contribution in [1.82, 2.24) is 15.2 Å². The summed E-state index contributed by atoms with van der Waals surface area (Å²) < 4.78 is 0. The number of hydrogen-bond acceptors (Lipinski definition) is 3. The van der Waals surface area contributed by atoms with Gasteiger partial charge in [-0.1, -0.05) is 48.0 Å². The number of benzene rings is 1. The fourth-order valence-corrected chi connectivity index (χ4v) is 2.36. The minimum Gasteiger partial charge on any atom is -0.262 e. The molecule has 1 heterocycles. The van der Waals surface area contributed by atoms with Crippen molar-refractivity contribution in [2.24, 2.45) is 0 Å². The van der Waals surface area contributed by atoms with Gasteiger partial charge < -0.3 is 0 Å². The molecule has 0 aliphatic heterocycles. The molecular weight excluding hydrogens is 277 g/mol. The van der Waals surface area contributed by atoms with Crippen LogP contribution in [0.2, 0.25) is 10.0 Å². The van der Waals surface area contributed by atoms with Crippen molar-refractivity contribution in [3.8, 4) is 0 Å². The summed E-state index contributed by atoms with van der Waals surface area (Å²) in [6.45, 7) is 2.04. The second-order valence-electron chi connectivity index (χ2n) is 3.46. The molecule has 0 fully saturated rings. The van der Waals surface area contributed by atoms with Gasteiger partial charge in [0.2, 0.25) is 5.16 Å². The van der Waals surface area contributed by atoms with E-state index in [9.17, 15) is 0 Å². The smallest absolute Gasteiger partial charge is 0.208 e. The highest BCUT2D eigenvalue weighted by Gasteiger charge is 2.04. The minimum absolute atomic E-state index is 0.576. The van der Waals surface area contributed by atoms with Crippen molar-refractivity contribution < 1.29 is 0 Å². The Labute approximate surface area is 114 Å². The third-order valence-corrected chi connectivity index (χ3v) is 3.86. The van der Waals surface area contributed by atoms with Crippen molar-refractivity contribution >= 4 is 35.0 Å². The van der Waals surface area contributed by atoms with Gasteiger partial charge in [-0.25, -0.2) is 4.98 Å². The van der Waals surface area contributed by atoms with Crippen molar-refractivity contribution in [3.63, 3.8) is 0 Å². The van der Waals surface area contributed by atoms with E-state index < -0.39 is 0 Å². The Morgan fingerprint density at radius 2 is 2.12 bits per heavy atom. The molecule has 0 aliphatic carbocycles. The number of nitrogens with one attached hydrogen (secondary N) is 1. The molecule has 0 atom stereocenters. The molecule has 2 aromatic rings. The van der Waals surface area contributed by atoms with Crippen LogP contribution in [0.3, 0.4) is 0 Å². The van der Waals surface area contributed by atoms with Crippen molar-refractivity contribution in [3.05, 3.63) is 39.6 Å². The number of aryl methyl sites for hydroxylation is 1. The molecule has 3 nitrogen and oxygen atoms in total. The Balaban J connectivity index is 1.99. The topological polar surface area (TPSA) is 41.6 Å². The Kier molecular flexibility index (Phi) is 4.31. The van der Waals surface area contributed by atoms with Crippen LogP contribution in [-0.4, -0.2) is 15.2 Å². The number of aromatic amines is 1. The Hall–Kier alpha value is -0.710. The SMILES string of the molecule is CCc1nc(SCc2ccc(Cl)c(Cl)c2)n[nH]1. The fraction of sp³-hybridized carbons (Fsp3) is 0.273. The van der Waals surface area contributed by atoms with Crippen LogP contribution in [0.15, 0.2) is 23.4 Å². The monoisotopic (exact) mass is 287 g/mol. The maximum Gasteiger partial charge on any atom is 0.208 e. The summed E-state index contributed by atoms with van der Waals surface area (Å²) in [6, 6.07) is 5.62. The van der Waals surface area contributed by atoms with Crippen LogP contribution in [0, 0.1) is 0 Å². The molecular formula is C11H11Cl2N3S. The molecule has 0 spiro atoms. The van der Waals surface area contributed by atoms with Gasteiger partial charge in [-0.2, -0.15) is 0 Å². The fourth-order valence-electron chi connectivity index (χ4n) is 1.28. The van der Waals surface area contributed by atoms with E-state index in [2.05, 4.69) is 15.2 Å². The lowest BCUT2D eigenvalue weighted by Gasteiger charge is -2.00. The van der Waals surface area contributed by atoms with E-state index >= 15 is 0 Å². The highest BCUT2D eigenvalue weighted by Crippen LogP contribution is 2.26. The molecule has 0 radical (unpaired) electrons. The van der Waals surface area contributed by atoms with Crippen molar-refractivity contribution in [2.75, 3.05) is 0 Å². The summed E-state index contributed by atoms with van der Waals surface area (Å²) in [7, 11) is 0. The number of H-pyrrole nitrogens is 1. The third-order valence-electron chi connectivity index (χ3n) is 2.20. The standard InChI is InChI=1S/C11H11Cl2N3S/c1-2-10-14-11(16-15-10)17-6-7-3-4-8(12)9(13)5-7/h3-5H,2,6H2,1H3,(H,14,15,16). The molecule has 1 aromatic carbocycles. The Morgan fingerprint density at radius 1 is 1.29 bits per heavy atom. The van der Waals surface area contributed by atoms with Crippen LogP contribution < -0.4 is 0 Å². The van der Waals surface area contributed by atoms with E-state index in [1.165, 1.54) is 0 Å². The van der Waals surface area contributed by atoms with E-state index in [-0.39, 0.29) is 0 Å². The maximum atomic E-state index is 5.94. The van der Waals surface area contributed by atoms with Crippen LogP contribution in [0.5, 0.6) is 0 Å². The van der Waals surface area contributed by atoms with E-state index in [0.29, 0.717) is 10.0 Å². The highest BCUT2D eigenvalue weighted by molar-refractivity contribution is 7.98. The largest absolute Gasteiger partial charge is 0.262 e. The predicted molar refractivity (Wildman–Crippen MR) is 71.8 cm³/mol. The first-order valence-corrected chi connectivity index (χ1v) is 6.91. The van der Waals surface area contributed by atoms with Crippen LogP contribution in [0.1, 0.15) is 18.3 Å². The molecule has 6 heteroatoms. The lowest BCUT2D eigenvalue weighted by atomic mass is 10.2. The maximum absolute atomic E-state index is 5.94. The number of thioether (sulfide) groups is 1. The van der Waals surface area contributed by atoms with Gasteiger partial charge in [0.15, 0.2) is 0 Å². The summed E-state index contributed by atoms with van der Waals surface area (Å²) in [6.07, 6.45) is 0.861. The van der Waals surface area contributed by atoms with Gasteiger partial charge in [0.05, 0.1) is 10.0 Å². The third kappa shape index (κ3) is 3.37. The van der Waals surface area contributed by atoms with E-state index in [4.69, 9.17) is 23.2 Å². The molecule has 90 valence electrons. The molecule has 0 bridgehead atoms. The van der Waals surface area contributed by atoms with Gasteiger partial charge in [0.25, 0.3) is 0 Å². The van der Waals surface area contributed by atoms with Crippen LogP contribution in [0.4, 0.5) is 0 Å². The van der Waals surface area contributed by atoms with Crippen LogP contribution in [-0.2, 0) is 12.2 Å². The van der Waals surface area contributed by atoms with Crippen LogP contribution in [0.25, 0.3) is 0 Å². The predicted octanol–water partition coefficient (Wildman–Crippen LogP) is 3.97. The Bertz CT molecular complexity index is 513. The van der Waals surface area contributed by atoms with Gasteiger partial charge in [0.1, 0.15) is 5.82 Å². The summed E-state index contributed by atoms with van der Waals surface area (Å²) in [5.74, 6) is 1.68. The molecule has 0 amide bonds. The molecule has 1 N–H and O–H groups in total. The van der Waals surface area contributed by atoms with Gasteiger partial charge >= 0.3 is 0 Å². The summed E-state index contributed by atoms with van der Waals surface area (Å²) in [4.78, 5) is 4.32. The number of halogens is 2. The second-order valence-corrected chi connectivity index (χ2v) is 5.21. The van der Waals surface area contributed by atoms with E-state index in [1.54, 1.807) is 17.8 Å². The zero-order chi connectivity index (χ0) is 12.3. The molecule has 0 aliphatic rings. The van der Waals surface area contributed by atoms with Crippen LogP contribution >= 0.6 is 35.0 Å². The zero-order valence-corrected chi connectivity index (χ0v) is 11.5. The van der Waals surface area contributed by atoms with Crippen molar-refractivity contribution in [2.45, 2.75) is 24.3 Å². The first kappa shape index (κ1) is 12.7. The number of nitrogens with zero attached hydrogens (tertiary/aromatic N) is 2. The summed E-state index contributed by atoms with van der Waals surface area (Å²) in [5.41, 5.74) is 1.10. The number of aromatic nitrogens is 3. The lowest BCUT2D eigenvalue weighted by molar-refractivity contribution is 0.941. The van der Waals surface area contributed by atoms with E-state index in [0.717, 1.165) is 28.7 Å². The molecule has 0 saturated heterocycles. The molecule has 17 heavy (non-hydrogen) atoms. The second kappa shape index (κ2) is 5.76. The minimum atomic E-state index is 0.576. The molecule has 0 saturated carbocycles. The van der Waals surface area contributed by atoms with Gasteiger partial charge in [0, 0.05) is 12.2 Å². The number of hydrogen-bond donors (Lipinski definition) is 1. The summed E-state index contributed by atoms with van der Waals surface area (Å²) >= 11 is 13.4. The Morgan fingerprint density at radius 3 is 2.76 bits per heavy atom. The van der Waals surface area contributed by atoms with E-state index in [1.807, 2.05) is 19.1 Å². The molecule has 2 rings (SSSR count). The lowest BCUT2D eigenvalue weighted by Crippen LogP contribution is -1.83. The highest BCUT2D eigenvalue weighted by atomic mass is 35.5. The van der Waals surface area contributed by atoms with Gasteiger partial charge in [-0.15, -0.1) is 5.10 Å². The number of rotatable bonds is 4. The molecule has 0 unspecified atom stereocenters. The quantitative estimate of drug-likeness (QED) is 0.866. The average molecular weight is 288 g/mol. The van der Waals surface area contributed by atoms with Crippen molar-refractivity contribution in [1.29, 1.82) is 0 Å². The first-order valence-electron chi connectivity index (χ1n) is 5.17. The zero-order valence-electron chi connectivity index (χ0n) is 9.20. The molecule has 1 aromatic heterocycles. The first-order chi connectivity index (χ1) is 8.19. The summed E-state index contributed by atoms with van der Waals surface area (Å²) in [5, 5.41) is 8.90. The average Bonchev–Trinajstić information content (AvgIpc) is 2.79. The van der Waals surface area contributed by atoms with Gasteiger partial charge in [-0.05, 0) is 17.7 Å².